The molecule has 6 nitrogen and oxygen atoms in total. The van der Waals surface area contributed by atoms with E-state index >= 15 is 0 Å². The summed E-state index contributed by atoms with van der Waals surface area (Å²) >= 11 is 0. The minimum Gasteiger partial charge on any atom is -0.384 e. The molecule has 0 aliphatic heterocycles. The van der Waals surface area contributed by atoms with E-state index in [1.807, 2.05) is 5.32 Å². The number of nitrogens with two attached hydrogens (primary N) is 1. The number of nitro groups is 1. The van der Waals surface area contributed by atoms with Crippen molar-refractivity contribution < 1.29 is 18.1 Å². The fourth-order valence-corrected chi connectivity index (χ4v) is 0.928. The van der Waals surface area contributed by atoms with Crippen LogP contribution in [-0.4, -0.2) is 22.6 Å². The molecular formula is C7H7F3N4O2. The van der Waals surface area contributed by atoms with Gasteiger partial charge in [0.05, 0.1) is 4.92 Å². The van der Waals surface area contributed by atoms with Crippen LogP contribution in [0, 0.1) is 10.1 Å². The number of nitrogens with zero attached hydrogens (tertiary/aromatic N) is 2. The Bertz CT molecular complexity index is 407. The van der Waals surface area contributed by atoms with Crippen LogP contribution in [0.25, 0.3) is 0 Å². The number of alkyl halides is 3. The summed E-state index contributed by atoms with van der Waals surface area (Å²) < 4.78 is 35.6. The second-order valence-corrected chi connectivity index (χ2v) is 2.83. The molecule has 0 fully saturated rings. The van der Waals surface area contributed by atoms with Gasteiger partial charge in [-0.15, -0.1) is 0 Å². The highest BCUT2D eigenvalue weighted by Crippen LogP contribution is 2.24. The fourth-order valence-electron chi connectivity index (χ4n) is 0.928. The number of rotatable bonds is 3. The highest BCUT2D eigenvalue weighted by atomic mass is 19.4. The topological polar surface area (TPSA) is 94.1 Å². The highest BCUT2D eigenvalue weighted by molar-refractivity contribution is 5.59. The summed E-state index contributed by atoms with van der Waals surface area (Å²) in [5, 5.41) is 12.3. The van der Waals surface area contributed by atoms with Crippen molar-refractivity contribution in [2.45, 2.75) is 6.18 Å². The second kappa shape index (κ2) is 4.21. The largest absolute Gasteiger partial charge is 0.405 e. The normalized spacial score (nSPS) is 11.2. The number of pyridine rings is 1. The zero-order valence-corrected chi connectivity index (χ0v) is 7.78. The van der Waals surface area contributed by atoms with E-state index in [-0.39, 0.29) is 5.82 Å². The Balaban J connectivity index is 2.93. The van der Waals surface area contributed by atoms with Crippen molar-refractivity contribution in [3.8, 4) is 0 Å². The van der Waals surface area contributed by atoms with Gasteiger partial charge in [-0.25, -0.2) is 4.98 Å². The van der Waals surface area contributed by atoms with Crippen molar-refractivity contribution in [2.24, 2.45) is 0 Å². The Hall–Kier alpha value is -2.06. The number of hydrogen-bond acceptors (Lipinski definition) is 5. The van der Waals surface area contributed by atoms with E-state index in [4.69, 9.17) is 5.73 Å². The van der Waals surface area contributed by atoms with Crippen molar-refractivity contribution >= 4 is 17.3 Å². The van der Waals surface area contributed by atoms with Gasteiger partial charge in [0.25, 0.3) is 0 Å². The quantitative estimate of drug-likeness (QED) is 0.613. The Morgan fingerprint density at radius 2 is 2.12 bits per heavy atom. The molecule has 1 rings (SSSR count). The first-order valence-electron chi connectivity index (χ1n) is 4.01. The first-order chi connectivity index (χ1) is 7.29. The third-order valence-corrected chi connectivity index (χ3v) is 1.55. The van der Waals surface area contributed by atoms with E-state index in [0.717, 1.165) is 12.1 Å². The van der Waals surface area contributed by atoms with Gasteiger partial charge in [0.15, 0.2) is 0 Å². The zero-order chi connectivity index (χ0) is 12.3. The van der Waals surface area contributed by atoms with E-state index < -0.39 is 29.1 Å². The Morgan fingerprint density at radius 3 is 2.62 bits per heavy atom. The van der Waals surface area contributed by atoms with Gasteiger partial charge in [-0.05, 0) is 6.07 Å². The molecule has 1 aromatic heterocycles. The van der Waals surface area contributed by atoms with Crippen LogP contribution < -0.4 is 11.1 Å². The van der Waals surface area contributed by atoms with Crippen molar-refractivity contribution in [3.05, 3.63) is 22.2 Å². The number of hydrogen-bond donors (Lipinski definition) is 2. The van der Waals surface area contributed by atoms with E-state index in [0.29, 0.717) is 0 Å². The van der Waals surface area contributed by atoms with Crippen LogP contribution >= 0.6 is 0 Å². The van der Waals surface area contributed by atoms with Gasteiger partial charge in [-0.3, -0.25) is 10.1 Å². The lowest BCUT2D eigenvalue weighted by Gasteiger charge is -2.09. The predicted molar refractivity (Wildman–Crippen MR) is 49.8 cm³/mol. The van der Waals surface area contributed by atoms with Crippen molar-refractivity contribution in [3.63, 3.8) is 0 Å². The van der Waals surface area contributed by atoms with Gasteiger partial charge in [-0.2, -0.15) is 13.2 Å². The maximum Gasteiger partial charge on any atom is 0.405 e. The van der Waals surface area contributed by atoms with Crippen LogP contribution in [0.3, 0.4) is 0 Å². The van der Waals surface area contributed by atoms with Gasteiger partial charge in [0, 0.05) is 6.07 Å². The lowest BCUT2D eigenvalue weighted by Crippen LogP contribution is -2.22. The molecule has 0 aliphatic carbocycles. The van der Waals surface area contributed by atoms with E-state index in [9.17, 15) is 23.3 Å². The average Bonchev–Trinajstić information content (AvgIpc) is 2.13. The molecule has 0 unspecified atom stereocenters. The molecule has 0 aliphatic rings. The minimum atomic E-state index is -4.49. The van der Waals surface area contributed by atoms with Crippen molar-refractivity contribution in [1.82, 2.24) is 4.98 Å². The molecule has 1 aromatic rings. The lowest BCUT2D eigenvalue weighted by atomic mass is 10.3. The third kappa shape index (κ3) is 3.26. The van der Waals surface area contributed by atoms with Gasteiger partial charge in [0.2, 0.25) is 5.82 Å². The van der Waals surface area contributed by atoms with Crippen LogP contribution in [0.1, 0.15) is 0 Å². The molecule has 88 valence electrons. The number of anilines is 2. The molecule has 0 spiro atoms. The molecule has 3 N–H and O–H groups in total. The summed E-state index contributed by atoms with van der Waals surface area (Å²) in [4.78, 5) is 13.0. The fraction of sp³-hybridized carbons (Fsp3) is 0.286. The van der Waals surface area contributed by atoms with Crippen LogP contribution in [0.5, 0.6) is 0 Å². The number of aromatic nitrogens is 1. The Labute approximate surface area is 87.4 Å². The summed E-state index contributed by atoms with van der Waals surface area (Å²) in [5.74, 6) is -0.599. The average molecular weight is 236 g/mol. The van der Waals surface area contributed by atoms with Gasteiger partial charge >= 0.3 is 11.9 Å². The second-order valence-electron chi connectivity index (χ2n) is 2.83. The van der Waals surface area contributed by atoms with E-state index in [1.165, 1.54) is 0 Å². The summed E-state index contributed by atoms with van der Waals surface area (Å²) in [6.45, 7) is -1.41. The molecular weight excluding hydrogens is 229 g/mol. The summed E-state index contributed by atoms with van der Waals surface area (Å²) in [6.07, 6.45) is -4.49. The van der Waals surface area contributed by atoms with Crippen LogP contribution in [-0.2, 0) is 0 Å². The molecule has 9 heteroatoms. The highest BCUT2D eigenvalue weighted by Gasteiger charge is 2.28. The molecule has 0 aromatic carbocycles. The molecule has 0 saturated carbocycles. The van der Waals surface area contributed by atoms with Crippen LogP contribution in [0.15, 0.2) is 12.1 Å². The number of nitrogen functional groups attached to an aromatic ring is 1. The van der Waals surface area contributed by atoms with Gasteiger partial charge < -0.3 is 11.1 Å². The summed E-state index contributed by atoms with van der Waals surface area (Å²) in [6, 6.07) is 2.12. The predicted octanol–water partition coefficient (Wildman–Crippen LogP) is 1.55. The standard InChI is InChI=1S/C7H7F3N4O2/c8-7(9,10)3-12-6-4(14(15)16)1-2-5(11)13-6/h1-2H,3H2,(H3,11,12,13). The lowest BCUT2D eigenvalue weighted by molar-refractivity contribution is -0.384. The maximum absolute atomic E-state index is 11.9. The van der Waals surface area contributed by atoms with Crippen molar-refractivity contribution in [1.29, 1.82) is 0 Å². The third-order valence-electron chi connectivity index (χ3n) is 1.55. The molecule has 0 saturated heterocycles. The van der Waals surface area contributed by atoms with Crippen LogP contribution in [0.2, 0.25) is 0 Å². The van der Waals surface area contributed by atoms with Gasteiger partial charge in [-0.1, -0.05) is 0 Å². The summed E-state index contributed by atoms with van der Waals surface area (Å²) in [7, 11) is 0. The zero-order valence-electron chi connectivity index (χ0n) is 7.78. The molecule has 0 atom stereocenters. The SMILES string of the molecule is Nc1ccc([N+](=O)[O-])c(NCC(F)(F)F)n1. The molecule has 0 radical (unpaired) electrons. The Kier molecular flexibility index (Phi) is 3.16. The molecule has 0 bridgehead atoms. The van der Waals surface area contributed by atoms with Crippen molar-refractivity contribution in [2.75, 3.05) is 17.6 Å². The first-order valence-corrected chi connectivity index (χ1v) is 4.01. The van der Waals surface area contributed by atoms with E-state index in [2.05, 4.69) is 4.98 Å². The number of nitrogens with one attached hydrogen (secondary N) is 1. The van der Waals surface area contributed by atoms with Crippen LogP contribution in [0.4, 0.5) is 30.5 Å². The van der Waals surface area contributed by atoms with Gasteiger partial charge in [0.1, 0.15) is 12.4 Å². The smallest absolute Gasteiger partial charge is 0.384 e. The minimum absolute atomic E-state index is 0.102. The Morgan fingerprint density at radius 1 is 1.50 bits per heavy atom. The summed E-state index contributed by atoms with van der Waals surface area (Å²) in [5.41, 5.74) is 4.66. The molecule has 1 heterocycles. The van der Waals surface area contributed by atoms with E-state index in [1.54, 1.807) is 0 Å². The maximum atomic E-state index is 11.9. The molecule has 16 heavy (non-hydrogen) atoms. The first kappa shape index (κ1) is 12.0. The molecule has 0 amide bonds. The number of halogens is 3. The monoisotopic (exact) mass is 236 g/mol.